The Morgan fingerprint density at radius 2 is 1.75 bits per heavy atom. The predicted octanol–water partition coefficient (Wildman–Crippen LogP) is 1.79. The van der Waals surface area contributed by atoms with Crippen LogP contribution in [0.1, 0.15) is 32.6 Å². The second kappa shape index (κ2) is 3.11. The summed E-state index contributed by atoms with van der Waals surface area (Å²) in [7, 11) is 0. The SMILES string of the molecule is C#CC(C)NC(C1CC1)C1CC1. The van der Waals surface area contributed by atoms with Crippen LogP contribution in [0.3, 0.4) is 0 Å². The first-order valence-electron chi connectivity index (χ1n) is 5.03. The van der Waals surface area contributed by atoms with E-state index in [0.717, 1.165) is 17.9 Å². The van der Waals surface area contributed by atoms with E-state index >= 15 is 0 Å². The van der Waals surface area contributed by atoms with E-state index in [-0.39, 0.29) is 6.04 Å². The van der Waals surface area contributed by atoms with Crippen LogP contribution >= 0.6 is 0 Å². The van der Waals surface area contributed by atoms with Crippen molar-refractivity contribution in [1.29, 1.82) is 0 Å². The zero-order chi connectivity index (χ0) is 8.55. The Bertz CT molecular complexity index is 184. The maximum absolute atomic E-state index is 5.35. The van der Waals surface area contributed by atoms with Crippen molar-refractivity contribution in [3.63, 3.8) is 0 Å². The third-order valence-electron chi connectivity index (χ3n) is 2.95. The minimum atomic E-state index is 0.260. The second-order valence-electron chi connectivity index (χ2n) is 4.26. The average molecular weight is 163 g/mol. The van der Waals surface area contributed by atoms with Crippen molar-refractivity contribution in [3.8, 4) is 12.3 Å². The van der Waals surface area contributed by atoms with Crippen molar-refractivity contribution in [2.24, 2.45) is 11.8 Å². The van der Waals surface area contributed by atoms with Crippen LogP contribution in [0.25, 0.3) is 0 Å². The molecule has 1 heteroatoms. The molecule has 12 heavy (non-hydrogen) atoms. The van der Waals surface area contributed by atoms with Crippen LogP contribution in [-0.2, 0) is 0 Å². The minimum Gasteiger partial charge on any atom is -0.301 e. The van der Waals surface area contributed by atoms with E-state index in [1.165, 1.54) is 25.7 Å². The van der Waals surface area contributed by atoms with Gasteiger partial charge in [-0.3, -0.25) is 0 Å². The summed E-state index contributed by atoms with van der Waals surface area (Å²) in [6.45, 7) is 2.08. The Morgan fingerprint density at radius 1 is 1.25 bits per heavy atom. The van der Waals surface area contributed by atoms with Gasteiger partial charge in [-0.25, -0.2) is 0 Å². The Balaban J connectivity index is 1.84. The lowest BCUT2D eigenvalue weighted by Gasteiger charge is -2.19. The zero-order valence-electron chi connectivity index (χ0n) is 7.72. The Labute approximate surface area is 74.9 Å². The standard InChI is InChI=1S/C11H17N/c1-3-8(2)12-11(9-4-5-9)10-6-7-10/h1,8-12H,4-7H2,2H3. The summed E-state index contributed by atoms with van der Waals surface area (Å²) in [5.41, 5.74) is 0. The molecular weight excluding hydrogens is 146 g/mol. The smallest absolute Gasteiger partial charge is 0.0660 e. The van der Waals surface area contributed by atoms with Crippen LogP contribution in [-0.4, -0.2) is 12.1 Å². The van der Waals surface area contributed by atoms with Gasteiger partial charge >= 0.3 is 0 Å². The predicted molar refractivity (Wildman–Crippen MR) is 50.7 cm³/mol. The number of hydrogen-bond donors (Lipinski definition) is 1. The molecule has 0 aromatic carbocycles. The van der Waals surface area contributed by atoms with Crippen molar-refractivity contribution >= 4 is 0 Å². The van der Waals surface area contributed by atoms with Crippen LogP contribution in [0.4, 0.5) is 0 Å². The summed E-state index contributed by atoms with van der Waals surface area (Å²) >= 11 is 0. The fourth-order valence-corrected chi connectivity index (χ4v) is 1.90. The molecule has 0 aromatic heterocycles. The molecule has 0 spiro atoms. The molecule has 0 bridgehead atoms. The van der Waals surface area contributed by atoms with Crippen LogP contribution in [0.2, 0.25) is 0 Å². The summed E-state index contributed by atoms with van der Waals surface area (Å²) in [6.07, 6.45) is 11.0. The van der Waals surface area contributed by atoms with Gasteiger partial charge in [0.05, 0.1) is 6.04 Å². The average Bonchev–Trinajstić information content (AvgIpc) is 2.87. The third-order valence-corrected chi connectivity index (χ3v) is 2.95. The minimum absolute atomic E-state index is 0.260. The molecule has 66 valence electrons. The fraction of sp³-hybridized carbons (Fsp3) is 0.818. The van der Waals surface area contributed by atoms with E-state index in [0.29, 0.717) is 0 Å². The molecule has 2 saturated carbocycles. The highest BCUT2D eigenvalue weighted by atomic mass is 15.0. The lowest BCUT2D eigenvalue weighted by molar-refractivity contribution is 0.403. The first-order chi connectivity index (χ1) is 5.81. The fourth-order valence-electron chi connectivity index (χ4n) is 1.90. The van der Waals surface area contributed by atoms with Gasteiger partial charge in [0.25, 0.3) is 0 Å². The maximum atomic E-state index is 5.35. The quantitative estimate of drug-likeness (QED) is 0.623. The molecule has 2 fully saturated rings. The molecule has 1 nitrogen and oxygen atoms in total. The Morgan fingerprint density at radius 3 is 2.08 bits per heavy atom. The molecule has 0 heterocycles. The number of nitrogens with one attached hydrogen (secondary N) is 1. The van der Waals surface area contributed by atoms with Crippen molar-refractivity contribution in [3.05, 3.63) is 0 Å². The molecule has 1 unspecified atom stereocenters. The van der Waals surface area contributed by atoms with Crippen LogP contribution in [0.15, 0.2) is 0 Å². The highest BCUT2D eigenvalue weighted by molar-refractivity contribution is 5.03. The molecular formula is C11H17N. The molecule has 0 saturated heterocycles. The van der Waals surface area contributed by atoms with Gasteiger partial charge < -0.3 is 5.32 Å². The van der Waals surface area contributed by atoms with E-state index in [2.05, 4.69) is 18.2 Å². The molecule has 0 aromatic rings. The summed E-state index contributed by atoms with van der Waals surface area (Å²) in [5.74, 6) is 4.65. The van der Waals surface area contributed by atoms with E-state index in [9.17, 15) is 0 Å². The van der Waals surface area contributed by atoms with E-state index in [1.807, 2.05) is 0 Å². The third kappa shape index (κ3) is 1.81. The van der Waals surface area contributed by atoms with Gasteiger partial charge in [-0.1, -0.05) is 5.92 Å². The summed E-state index contributed by atoms with van der Waals surface area (Å²) in [4.78, 5) is 0. The lowest BCUT2D eigenvalue weighted by Crippen LogP contribution is -2.38. The van der Waals surface area contributed by atoms with Gasteiger partial charge in [-0.05, 0) is 44.4 Å². The molecule has 2 rings (SSSR count). The lowest BCUT2D eigenvalue weighted by atomic mass is 10.1. The number of hydrogen-bond acceptors (Lipinski definition) is 1. The normalized spacial score (nSPS) is 25.4. The monoisotopic (exact) mass is 163 g/mol. The van der Waals surface area contributed by atoms with Crippen LogP contribution in [0, 0.1) is 24.2 Å². The molecule has 0 aliphatic heterocycles. The number of terminal acetylenes is 1. The topological polar surface area (TPSA) is 12.0 Å². The van der Waals surface area contributed by atoms with Gasteiger partial charge in [0.1, 0.15) is 0 Å². The molecule has 1 atom stereocenters. The largest absolute Gasteiger partial charge is 0.301 e. The van der Waals surface area contributed by atoms with Gasteiger partial charge in [-0.2, -0.15) is 0 Å². The van der Waals surface area contributed by atoms with Gasteiger partial charge in [0.2, 0.25) is 0 Å². The molecule has 1 N–H and O–H groups in total. The highest BCUT2D eigenvalue weighted by Crippen LogP contribution is 2.44. The van der Waals surface area contributed by atoms with Crippen LogP contribution in [0.5, 0.6) is 0 Å². The Kier molecular flexibility index (Phi) is 2.11. The van der Waals surface area contributed by atoms with Gasteiger partial charge in [0, 0.05) is 6.04 Å². The first-order valence-corrected chi connectivity index (χ1v) is 5.03. The molecule has 0 amide bonds. The first kappa shape index (κ1) is 8.13. The van der Waals surface area contributed by atoms with Crippen molar-refractivity contribution < 1.29 is 0 Å². The van der Waals surface area contributed by atoms with E-state index in [1.54, 1.807) is 0 Å². The summed E-state index contributed by atoms with van der Waals surface area (Å²) < 4.78 is 0. The molecule has 0 radical (unpaired) electrons. The van der Waals surface area contributed by atoms with Gasteiger partial charge in [-0.15, -0.1) is 6.42 Å². The molecule has 2 aliphatic carbocycles. The zero-order valence-corrected chi connectivity index (χ0v) is 7.72. The van der Waals surface area contributed by atoms with Gasteiger partial charge in [0.15, 0.2) is 0 Å². The van der Waals surface area contributed by atoms with Crippen LogP contribution < -0.4 is 5.32 Å². The van der Waals surface area contributed by atoms with Crippen molar-refractivity contribution in [1.82, 2.24) is 5.32 Å². The molecule has 2 aliphatic rings. The van der Waals surface area contributed by atoms with Crippen molar-refractivity contribution in [2.45, 2.75) is 44.7 Å². The number of rotatable bonds is 4. The van der Waals surface area contributed by atoms with E-state index in [4.69, 9.17) is 6.42 Å². The maximum Gasteiger partial charge on any atom is 0.0660 e. The highest BCUT2D eigenvalue weighted by Gasteiger charge is 2.41. The summed E-state index contributed by atoms with van der Waals surface area (Å²) in [6, 6.07) is 1.01. The second-order valence-corrected chi connectivity index (χ2v) is 4.26. The van der Waals surface area contributed by atoms with E-state index < -0.39 is 0 Å². The Hall–Kier alpha value is -0.480. The summed E-state index contributed by atoms with van der Waals surface area (Å²) in [5, 5.41) is 3.55. The van der Waals surface area contributed by atoms with Crippen molar-refractivity contribution in [2.75, 3.05) is 0 Å².